The van der Waals surface area contributed by atoms with Gasteiger partial charge in [-0.25, -0.2) is 0 Å². The molecule has 0 atom stereocenters. The maximum absolute atomic E-state index is 13.1. The molecule has 0 spiro atoms. The molecule has 3 aromatic carbocycles. The monoisotopic (exact) mass is 409 g/mol. The quantitative estimate of drug-likeness (QED) is 0.604. The fraction of sp³-hybridized carbons (Fsp3) is 0.0769. The summed E-state index contributed by atoms with van der Waals surface area (Å²) in [4.78, 5) is 27.3. The number of hydrogen-bond acceptors (Lipinski definition) is 4. The van der Waals surface area contributed by atoms with E-state index in [1.807, 2.05) is 91.0 Å². The molecule has 5 rings (SSSR count). The van der Waals surface area contributed by atoms with Gasteiger partial charge in [0.15, 0.2) is 0 Å². The lowest BCUT2D eigenvalue weighted by Crippen LogP contribution is -2.45. The molecule has 2 bridgehead atoms. The number of fused-ring (bicyclic) bond motifs is 2. The summed E-state index contributed by atoms with van der Waals surface area (Å²) >= 11 is 0. The normalized spacial score (nSPS) is 17.5. The van der Waals surface area contributed by atoms with Gasteiger partial charge >= 0.3 is 0 Å². The summed E-state index contributed by atoms with van der Waals surface area (Å²) in [6.07, 6.45) is 2.70. The number of amides is 2. The van der Waals surface area contributed by atoms with Gasteiger partial charge in [-0.05, 0) is 0 Å². The molecule has 0 N–H and O–H groups in total. The van der Waals surface area contributed by atoms with Crippen molar-refractivity contribution < 1.29 is 19.1 Å². The molecule has 0 aromatic heterocycles. The summed E-state index contributed by atoms with van der Waals surface area (Å²) in [6, 6.07) is 28.0. The Morgan fingerprint density at radius 2 is 1.03 bits per heavy atom. The summed E-state index contributed by atoms with van der Waals surface area (Å²) in [6.45, 7) is -0.0751. The lowest BCUT2D eigenvalue weighted by atomic mass is 10.0. The highest BCUT2D eigenvalue weighted by atomic mass is 16.7. The smallest absolute Gasteiger partial charge is 0.296 e. The number of nitrogens with zero attached hydrogens (tertiary/aromatic N) is 1. The lowest BCUT2D eigenvalue weighted by molar-refractivity contribution is -0.174. The molecule has 0 aliphatic carbocycles. The predicted octanol–water partition coefficient (Wildman–Crippen LogP) is 4.34. The molecule has 0 unspecified atom stereocenters. The van der Waals surface area contributed by atoms with Crippen molar-refractivity contribution in [2.24, 2.45) is 0 Å². The SMILES string of the molecule is O=C1C=C(c2ccccc2)OC2(c3ccccc3)CN1C(=O)C=C(c1ccccc1)O2. The maximum atomic E-state index is 13.1. The van der Waals surface area contributed by atoms with Gasteiger partial charge in [-0.15, -0.1) is 0 Å². The zero-order chi connectivity index (χ0) is 21.3. The van der Waals surface area contributed by atoms with E-state index in [0.717, 1.165) is 11.1 Å². The Morgan fingerprint density at radius 1 is 0.613 bits per heavy atom. The predicted molar refractivity (Wildman–Crippen MR) is 116 cm³/mol. The first kappa shape index (κ1) is 18.9. The minimum Gasteiger partial charge on any atom is -0.446 e. The van der Waals surface area contributed by atoms with Crippen molar-refractivity contribution in [3.05, 3.63) is 120 Å². The molecule has 0 saturated heterocycles. The fourth-order valence-electron chi connectivity index (χ4n) is 3.74. The van der Waals surface area contributed by atoms with Gasteiger partial charge in [-0.1, -0.05) is 91.0 Å². The van der Waals surface area contributed by atoms with Crippen LogP contribution in [0.5, 0.6) is 0 Å². The fourth-order valence-corrected chi connectivity index (χ4v) is 3.74. The van der Waals surface area contributed by atoms with E-state index >= 15 is 0 Å². The van der Waals surface area contributed by atoms with Gasteiger partial charge in [0.2, 0.25) is 0 Å². The summed E-state index contributed by atoms with van der Waals surface area (Å²) < 4.78 is 13.0. The van der Waals surface area contributed by atoms with E-state index in [2.05, 4.69) is 0 Å². The zero-order valence-corrected chi connectivity index (χ0v) is 16.6. The van der Waals surface area contributed by atoms with Crippen LogP contribution in [0, 0.1) is 0 Å². The van der Waals surface area contributed by atoms with E-state index in [-0.39, 0.29) is 6.54 Å². The second kappa shape index (κ2) is 7.61. The Balaban J connectivity index is 1.70. The minimum absolute atomic E-state index is 0.0751. The van der Waals surface area contributed by atoms with Crippen LogP contribution in [0.4, 0.5) is 0 Å². The molecule has 5 nitrogen and oxygen atoms in total. The number of carbonyl (C=O) groups excluding carboxylic acids is 2. The second-order valence-corrected chi connectivity index (χ2v) is 7.33. The Kier molecular flexibility index (Phi) is 4.64. The minimum atomic E-state index is -1.40. The molecule has 3 aromatic rings. The Labute approximate surface area is 179 Å². The Morgan fingerprint density at radius 3 is 1.48 bits per heavy atom. The van der Waals surface area contributed by atoms with Crippen molar-refractivity contribution in [3.63, 3.8) is 0 Å². The van der Waals surface area contributed by atoms with Crippen molar-refractivity contribution in [1.82, 2.24) is 4.90 Å². The van der Waals surface area contributed by atoms with Crippen molar-refractivity contribution in [1.29, 1.82) is 0 Å². The average Bonchev–Trinajstić information content (AvgIpc) is 3.07. The molecular weight excluding hydrogens is 390 g/mol. The number of ether oxygens (including phenoxy) is 2. The standard InChI is InChI=1S/C26H19NO4/c28-24-16-22(19-10-4-1-5-11-19)30-26(21-14-8-3-9-15-21)18-27(24)25(29)17-23(31-26)20-12-6-2-7-13-20/h1-17H,18H2. The first-order valence-electron chi connectivity index (χ1n) is 9.98. The van der Waals surface area contributed by atoms with Gasteiger partial charge in [0, 0.05) is 28.8 Å². The van der Waals surface area contributed by atoms with Gasteiger partial charge in [-0.3, -0.25) is 14.5 Å². The van der Waals surface area contributed by atoms with Gasteiger partial charge in [0.25, 0.3) is 17.6 Å². The summed E-state index contributed by atoms with van der Waals surface area (Å²) in [5.41, 5.74) is 2.15. The van der Waals surface area contributed by atoms with E-state index in [1.165, 1.54) is 17.1 Å². The Bertz CT molecular complexity index is 1110. The molecule has 31 heavy (non-hydrogen) atoms. The van der Waals surface area contributed by atoms with E-state index < -0.39 is 17.6 Å². The molecule has 5 heteroatoms. The third-order valence-electron chi connectivity index (χ3n) is 5.29. The van der Waals surface area contributed by atoms with Crippen LogP contribution >= 0.6 is 0 Å². The highest BCUT2D eigenvalue weighted by Crippen LogP contribution is 2.41. The van der Waals surface area contributed by atoms with Crippen LogP contribution in [0.25, 0.3) is 11.5 Å². The molecule has 0 radical (unpaired) electrons. The molecule has 2 aliphatic heterocycles. The second-order valence-electron chi connectivity index (χ2n) is 7.33. The van der Waals surface area contributed by atoms with E-state index in [4.69, 9.17) is 9.47 Å². The topological polar surface area (TPSA) is 55.8 Å². The van der Waals surface area contributed by atoms with Crippen LogP contribution < -0.4 is 0 Å². The molecular formula is C26H19NO4. The molecule has 0 fully saturated rings. The molecule has 2 heterocycles. The largest absolute Gasteiger partial charge is 0.446 e. The Hall–Kier alpha value is -4.12. The van der Waals surface area contributed by atoms with Crippen molar-refractivity contribution in [2.45, 2.75) is 5.79 Å². The zero-order valence-electron chi connectivity index (χ0n) is 16.6. The van der Waals surface area contributed by atoms with E-state index in [9.17, 15) is 9.59 Å². The molecule has 2 amide bonds. The number of rotatable bonds is 3. The van der Waals surface area contributed by atoms with Crippen molar-refractivity contribution in [2.75, 3.05) is 6.54 Å². The first-order chi connectivity index (χ1) is 15.1. The molecule has 0 saturated carbocycles. The van der Waals surface area contributed by atoms with Crippen molar-refractivity contribution in [3.8, 4) is 0 Å². The van der Waals surface area contributed by atoms with E-state index in [1.54, 1.807) is 0 Å². The third kappa shape index (κ3) is 3.51. The maximum Gasteiger partial charge on any atom is 0.296 e. The van der Waals surface area contributed by atoms with Crippen LogP contribution in [0.3, 0.4) is 0 Å². The van der Waals surface area contributed by atoms with Crippen molar-refractivity contribution >= 4 is 23.3 Å². The van der Waals surface area contributed by atoms with Gasteiger partial charge in [0.1, 0.15) is 18.1 Å². The molecule has 2 aliphatic rings. The van der Waals surface area contributed by atoms with E-state index in [0.29, 0.717) is 17.1 Å². The van der Waals surface area contributed by atoms with Crippen LogP contribution in [-0.2, 0) is 24.8 Å². The third-order valence-corrected chi connectivity index (χ3v) is 5.29. The highest BCUT2D eigenvalue weighted by molar-refractivity contribution is 6.09. The average molecular weight is 409 g/mol. The van der Waals surface area contributed by atoms with Crippen LogP contribution in [-0.4, -0.2) is 23.3 Å². The molecule has 152 valence electrons. The van der Waals surface area contributed by atoms with Crippen LogP contribution in [0.15, 0.2) is 103 Å². The number of hydrogen-bond donors (Lipinski definition) is 0. The number of carbonyl (C=O) groups is 2. The number of imide groups is 1. The van der Waals surface area contributed by atoms with Gasteiger partial charge in [-0.2, -0.15) is 0 Å². The van der Waals surface area contributed by atoms with Gasteiger partial charge < -0.3 is 9.47 Å². The van der Waals surface area contributed by atoms with Gasteiger partial charge in [0.05, 0.1) is 0 Å². The highest BCUT2D eigenvalue weighted by Gasteiger charge is 2.47. The summed E-state index contributed by atoms with van der Waals surface area (Å²) in [5.74, 6) is -1.60. The number of benzene rings is 3. The first-order valence-corrected chi connectivity index (χ1v) is 9.98. The van der Waals surface area contributed by atoms with Crippen LogP contribution in [0.1, 0.15) is 16.7 Å². The van der Waals surface area contributed by atoms with Crippen LogP contribution in [0.2, 0.25) is 0 Å². The lowest BCUT2D eigenvalue weighted by Gasteiger charge is -2.35. The summed E-state index contributed by atoms with van der Waals surface area (Å²) in [5, 5.41) is 0. The summed E-state index contributed by atoms with van der Waals surface area (Å²) in [7, 11) is 0.